The third kappa shape index (κ3) is 2.72. The van der Waals surface area contributed by atoms with Gasteiger partial charge in [-0.05, 0) is 19.1 Å². The lowest BCUT2D eigenvalue weighted by molar-refractivity contribution is -0.121. The van der Waals surface area contributed by atoms with Crippen molar-refractivity contribution < 1.29 is 4.79 Å². The maximum Gasteiger partial charge on any atom is 0.265 e. The maximum absolute atomic E-state index is 12.9. The van der Waals surface area contributed by atoms with E-state index in [0.717, 1.165) is 5.69 Å². The summed E-state index contributed by atoms with van der Waals surface area (Å²) in [4.78, 5) is 29.5. The molecule has 1 aromatic carbocycles. The van der Waals surface area contributed by atoms with E-state index in [1.165, 1.54) is 11.8 Å². The van der Waals surface area contributed by atoms with E-state index in [-0.39, 0.29) is 23.9 Å². The maximum atomic E-state index is 12.9. The van der Waals surface area contributed by atoms with Crippen molar-refractivity contribution in [1.82, 2.24) is 24.6 Å². The highest BCUT2D eigenvalue weighted by molar-refractivity contribution is 7.99. The third-order valence-corrected chi connectivity index (χ3v) is 5.26. The number of rotatable bonds is 4. The van der Waals surface area contributed by atoms with Gasteiger partial charge in [0.15, 0.2) is 10.8 Å². The van der Waals surface area contributed by atoms with Gasteiger partial charge in [0.2, 0.25) is 5.91 Å². The highest BCUT2D eigenvalue weighted by atomic mass is 32.2. The zero-order valence-electron chi connectivity index (χ0n) is 13.7. The molecule has 3 aromatic rings. The lowest BCUT2D eigenvalue weighted by Crippen LogP contribution is -2.30. The van der Waals surface area contributed by atoms with E-state index < -0.39 is 0 Å². The second kappa shape index (κ2) is 6.36. The van der Waals surface area contributed by atoms with Crippen molar-refractivity contribution in [2.45, 2.75) is 24.5 Å². The molecule has 25 heavy (non-hydrogen) atoms. The van der Waals surface area contributed by atoms with Gasteiger partial charge in [-0.25, -0.2) is 9.67 Å². The predicted octanol–water partition coefficient (Wildman–Crippen LogP) is 1.76. The number of aromatic nitrogens is 4. The number of carbonyl (C=O) groups is 1. The Hall–Kier alpha value is -2.61. The molecular formula is C17H17N5O2S. The number of fused-ring (bicyclic) bond motifs is 2. The van der Waals surface area contributed by atoms with Crippen LogP contribution in [-0.4, -0.2) is 37.5 Å². The Morgan fingerprint density at radius 3 is 2.92 bits per heavy atom. The molecule has 1 amide bonds. The predicted molar refractivity (Wildman–Crippen MR) is 96.2 cm³/mol. The number of hydrogen-bond donors (Lipinski definition) is 1. The zero-order chi connectivity index (χ0) is 17.4. The number of hydrogen-bond acceptors (Lipinski definition) is 5. The van der Waals surface area contributed by atoms with Crippen LogP contribution in [0, 0.1) is 0 Å². The van der Waals surface area contributed by atoms with Crippen LogP contribution in [0.3, 0.4) is 0 Å². The zero-order valence-corrected chi connectivity index (χ0v) is 14.5. The number of thioether (sulfide) groups is 1. The Bertz CT molecular complexity index is 995. The largest absolute Gasteiger partial charge is 0.356 e. The summed E-state index contributed by atoms with van der Waals surface area (Å²) in [6.07, 6.45) is 1.84. The van der Waals surface area contributed by atoms with E-state index in [9.17, 15) is 9.59 Å². The monoisotopic (exact) mass is 355 g/mol. The van der Waals surface area contributed by atoms with Crippen molar-refractivity contribution in [3.8, 4) is 5.69 Å². The van der Waals surface area contributed by atoms with Gasteiger partial charge in [0, 0.05) is 18.7 Å². The molecule has 4 rings (SSSR count). The molecule has 0 saturated heterocycles. The van der Waals surface area contributed by atoms with Crippen LogP contribution in [-0.2, 0) is 4.79 Å². The molecule has 0 aliphatic carbocycles. The molecule has 0 radical (unpaired) electrons. The smallest absolute Gasteiger partial charge is 0.265 e. The number of nitrogens with one attached hydrogen (secondary N) is 1. The minimum absolute atomic E-state index is 0.0482. The first-order chi connectivity index (χ1) is 12.2. The van der Waals surface area contributed by atoms with Gasteiger partial charge in [0.25, 0.3) is 5.56 Å². The summed E-state index contributed by atoms with van der Waals surface area (Å²) >= 11 is 1.50. The number of para-hydroxylation sites is 1. The van der Waals surface area contributed by atoms with E-state index in [1.54, 1.807) is 15.4 Å². The Balaban J connectivity index is 1.79. The van der Waals surface area contributed by atoms with Gasteiger partial charge < -0.3 is 5.32 Å². The molecule has 1 N–H and O–H groups in total. The average Bonchev–Trinajstić information content (AvgIpc) is 3.21. The lowest BCUT2D eigenvalue weighted by atomic mass is 10.2. The highest BCUT2D eigenvalue weighted by Gasteiger charge is 2.29. The summed E-state index contributed by atoms with van der Waals surface area (Å²) in [5.41, 5.74) is 1.27. The Kier molecular flexibility index (Phi) is 4.04. The molecule has 2 aromatic heterocycles. The van der Waals surface area contributed by atoms with Crippen LogP contribution in [0.5, 0.6) is 0 Å². The van der Waals surface area contributed by atoms with Gasteiger partial charge in [0.1, 0.15) is 5.39 Å². The van der Waals surface area contributed by atoms with Crippen LogP contribution in [0.15, 0.2) is 46.5 Å². The molecule has 1 aliphatic rings. The van der Waals surface area contributed by atoms with Crippen LogP contribution in [0.4, 0.5) is 0 Å². The fraction of sp³-hybridized carbons (Fsp3) is 0.294. The quantitative estimate of drug-likeness (QED) is 0.721. The Labute approximate surface area is 148 Å². The summed E-state index contributed by atoms with van der Waals surface area (Å²) < 4.78 is 3.31. The fourth-order valence-electron chi connectivity index (χ4n) is 3.02. The molecule has 128 valence electrons. The second-order valence-corrected chi connectivity index (χ2v) is 6.81. The summed E-state index contributed by atoms with van der Waals surface area (Å²) in [6, 6.07) is 9.43. The standard InChI is InChI=1S/C17H17N5O2S/c1-2-18-14(23)8-12-10-25-17-20-15-13(16(24)21(12)17)9-19-22(15)11-6-4-3-5-7-11/h3-7,9,12H,2,8,10H2,1H3,(H,18,23). The molecule has 0 fully saturated rings. The molecule has 0 bridgehead atoms. The molecule has 0 saturated carbocycles. The molecule has 1 unspecified atom stereocenters. The van der Waals surface area contributed by atoms with Crippen LogP contribution >= 0.6 is 11.8 Å². The molecule has 8 heteroatoms. The van der Waals surface area contributed by atoms with Crippen LogP contribution in [0.1, 0.15) is 19.4 Å². The molecular weight excluding hydrogens is 338 g/mol. The third-order valence-electron chi connectivity index (χ3n) is 4.17. The minimum atomic E-state index is -0.170. The van der Waals surface area contributed by atoms with Gasteiger partial charge >= 0.3 is 0 Å². The average molecular weight is 355 g/mol. The SMILES string of the molecule is CCNC(=O)CC1CSc2nc3c(cnn3-c3ccccc3)c(=O)n21. The van der Waals surface area contributed by atoms with Crippen molar-refractivity contribution in [3.63, 3.8) is 0 Å². The molecule has 7 nitrogen and oxygen atoms in total. The first-order valence-corrected chi connectivity index (χ1v) is 9.12. The number of carbonyl (C=O) groups excluding carboxylic acids is 1. The first kappa shape index (κ1) is 15.9. The summed E-state index contributed by atoms with van der Waals surface area (Å²) in [7, 11) is 0. The van der Waals surface area contributed by atoms with Crippen LogP contribution in [0.25, 0.3) is 16.7 Å². The van der Waals surface area contributed by atoms with E-state index in [2.05, 4.69) is 15.4 Å². The van der Waals surface area contributed by atoms with Crippen LogP contribution in [0.2, 0.25) is 0 Å². The molecule has 1 aliphatic heterocycles. The van der Waals surface area contributed by atoms with Gasteiger partial charge in [-0.1, -0.05) is 30.0 Å². The Morgan fingerprint density at radius 2 is 2.16 bits per heavy atom. The fourth-order valence-corrected chi connectivity index (χ4v) is 4.15. The molecule has 1 atom stereocenters. The van der Waals surface area contributed by atoms with E-state index >= 15 is 0 Å². The summed E-state index contributed by atoms with van der Waals surface area (Å²) in [5.74, 6) is 0.623. The first-order valence-electron chi connectivity index (χ1n) is 8.14. The summed E-state index contributed by atoms with van der Waals surface area (Å²) in [5, 5.41) is 8.23. The van der Waals surface area contributed by atoms with E-state index in [0.29, 0.717) is 28.5 Å². The van der Waals surface area contributed by atoms with Crippen molar-refractivity contribution in [3.05, 3.63) is 46.9 Å². The minimum Gasteiger partial charge on any atom is -0.356 e. The van der Waals surface area contributed by atoms with Crippen molar-refractivity contribution >= 4 is 28.7 Å². The van der Waals surface area contributed by atoms with Gasteiger partial charge in [-0.3, -0.25) is 14.2 Å². The van der Waals surface area contributed by atoms with Gasteiger partial charge in [-0.15, -0.1) is 0 Å². The number of benzene rings is 1. The van der Waals surface area contributed by atoms with Crippen molar-refractivity contribution in [1.29, 1.82) is 0 Å². The topological polar surface area (TPSA) is 81.8 Å². The van der Waals surface area contributed by atoms with Gasteiger partial charge in [-0.2, -0.15) is 5.10 Å². The van der Waals surface area contributed by atoms with Gasteiger partial charge in [0.05, 0.1) is 17.9 Å². The van der Waals surface area contributed by atoms with Crippen molar-refractivity contribution in [2.24, 2.45) is 0 Å². The lowest BCUT2D eigenvalue weighted by Gasteiger charge is -2.13. The number of nitrogens with zero attached hydrogens (tertiary/aromatic N) is 4. The van der Waals surface area contributed by atoms with Crippen molar-refractivity contribution in [2.75, 3.05) is 12.3 Å². The molecule has 0 spiro atoms. The highest BCUT2D eigenvalue weighted by Crippen LogP contribution is 2.33. The summed E-state index contributed by atoms with van der Waals surface area (Å²) in [6.45, 7) is 2.46. The normalized spacial score (nSPS) is 16.1. The molecule has 3 heterocycles. The van der Waals surface area contributed by atoms with E-state index in [4.69, 9.17) is 0 Å². The van der Waals surface area contributed by atoms with E-state index in [1.807, 2.05) is 37.3 Å². The Morgan fingerprint density at radius 1 is 1.36 bits per heavy atom. The van der Waals surface area contributed by atoms with Crippen LogP contribution < -0.4 is 10.9 Å². The second-order valence-electron chi connectivity index (χ2n) is 5.82. The number of amides is 1.